The molecule has 1 rings (SSSR count). The predicted molar refractivity (Wildman–Crippen MR) is 79.2 cm³/mol. The molecule has 1 aromatic carbocycles. The van der Waals surface area contributed by atoms with Crippen molar-refractivity contribution >= 4 is 18.2 Å². The van der Waals surface area contributed by atoms with Crippen molar-refractivity contribution in [3.05, 3.63) is 35.9 Å². The van der Waals surface area contributed by atoms with Gasteiger partial charge in [-0.25, -0.2) is 0 Å². The molecule has 0 radical (unpaired) electrons. The molecular weight excluding hydrogens is 246 g/mol. The fraction of sp³-hybridized carbons (Fsp3) is 0.533. The Morgan fingerprint density at radius 3 is 2.17 bits per heavy atom. The minimum absolute atomic E-state index is 0. The van der Waals surface area contributed by atoms with Crippen molar-refractivity contribution in [2.75, 3.05) is 0 Å². The second-order valence-electron chi connectivity index (χ2n) is 5.66. The first-order chi connectivity index (χ1) is 7.84. The molecule has 0 aromatic heterocycles. The largest absolute Gasteiger partial charge is 0.321 e. The summed E-state index contributed by atoms with van der Waals surface area (Å²) >= 11 is 0. The Bertz CT molecular complexity index is 373. The first-order valence-electron chi connectivity index (χ1n) is 6.18. The molecule has 0 heterocycles. The van der Waals surface area contributed by atoms with Gasteiger partial charge in [-0.2, -0.15) is 0 Å². The van der Waals surface area contributed by atoms with Crippen LogP contribution in [0.4, 0.5) is 0 Å². The van der Waals surface area contributed by atoms with Crippen molar-refractivity contribution in [1.29, 1.82) is 0 Å². The minimum atomic E-state index is -0.349. The molecule has 1 atom stereocenters. The molecule has 0 saturated heterocycles. The Morgan fingerprint density at radius 2 is 1.72 bits per heavy atom. The maximum absolute atomic E-state index is 12.0. The molecule has 102 valence electrons. The average molecular weight is 270 g/mol. The van der Waals surface area contributed by atoms with E-state index in [0.717, 1.165) is 0 Å². The van der Waals surface area contributed by atoms with Crippen molar-refractivity contribution < 1.29 is 4.79 Å². The zero-order valence-electron chi connectivity index (χ0n) is 11.6. The van der Waals surface area contributed by atoms with E-state index in [9.17, 15) is 4.79 Å². The van der Waals surface area contributed by atoms with Gasteiger partial charge in [-0.3, -0.25) is 4.79 Å². The van der Waals surface area contributed by atoms with Crippen LogP contribution in [0.2, 0.25) is 0 Å². The predicted octanol–water partition coefficient (Wildman–Crippen LogP) is 3.33. The number of Topliss-reactive ketones (excluding diaryl/α,β-unsaturated/α-hetero) is 1. The lowest BCUT2D eigenvalue weighted by molar-refractivity contribution is -0.122. The van der Waals surface area contributed by atoms with Crippen LogP contribution in [0, 0.1) is 5.92 Å². The molecule has 0 amide bonds. The van der Waals surface area contributed by atoms with E-state index in [0.29, 0.717) is 6.42 Å². The molecule has 0 fully saturated rings. The lowest BCUT2D eigenvalue weighted by atomic mass is 9.78. The standard InChI is InChI=1S/C15H23NO.ClH/c1-11(2)14(16)13(17)10-15(3,4)12-8-6-5-7-9-12;/h5-9,11,14H,10,16H2,1-4H3;1H/t14-;/m1./s1. The van der Waals surface area contributed by atoms with E-state index < -0.39 is 0 Å². The zero-order valence-corrected chi connectivity index (χ0v) is 12.5. The maximum Gasteiger partial charge on any atom is 0.150 e. The van der Waals surface area contributed by atoms with Crippen molar-refractivity contribution in [1.82, 2.24) is 0 Å². The van der Waals surface area contributed by atoms with E-state index in [-0.39, 0.29) is 35.6 Å². The molecule has 0 unspecified atom stereocenters. The van der Waals surface area contributed by atoms with Crippen LogP contribution < -0.4 is 5.73 Å². The first-order valence-corrected chi connectivity index (χ1v) is 6.18. The van der Waals surface area contributed by atoms with Gasteiger partial charge in [0, 0.05) is 6.42 Å². The summed E-state index contributed by atoms with van der Waals surface area (Å²) in [5, 5.41) is 0. The van der Waals surface area contributed by atoms with Gasteiger partial charge >= 0.3 is 0 Å². The summed E-state index contributed by atoms with van der Waals surface area (Å²) in [6.07, 6.45) is 0.496. The summed E-state index contributed by atoms with van der Waals surface area (Å²) in [5.41, 5.74) is 6.93. The van der Waals surface area contributed by atoms with Crippen LogP contribution in [0.5, 0.6) is 0 Å². The van der Waals surface area contributed by atoms with E-state index in [1.807, 2.05) is 32.0 Å². The number of hydrogen-bond donors (Lipinski definition) is 1. The summed E-state index contributed by atoms with van der Waals surface area (Å²) < 4.78 is 0. The number of hydrogen-bond acceptors (Lipinski definition) is 2. The zero-order chi connectivity index (χ0) is 13.1. The van der Waals surface area contributed by atoms with Crippen LogP contribution in [-0.2, 0) is 10.2 Å². The lowest BCUT2D eigenvalue weighted by Gasteiger charge is -2.26. The highest BCUT2D eigenvalue weighted by Gasteiger charge is 2.27. The first kappa shape index (κ1) is 17.1. The van der Waals surface area contributed by atoms with Crippen LogP contribution in [-0.4, -0.2) is 11.8 Å². The van der Waals surface area contributed by atoms with Gasteiger partial charge in [0.15, 0.2) is 5.78 Å². The number of benzene rings is 1. The van der Waals surface area contributed by atoms with E-state index in [1.165, 1.54) is 5.56 Å². The number of nitrogens with two attached hydrogens (primary N) is 1. The Hall–Kier alpha value is -0.860. The maximum atomic E-state index is 12.0. The molecular formula is C15H24ClNO. The number of carbonyl (C=O) groups is 1. The molecule has 0 aliphatic heterocycles. The average Bonchev–Trinajstić information content (AvgIpc) is 2.28. The Balaban J connectivity index is 0.00000289. The molecule has 2 N–H and O–H groups in total. The van der Waals surface area contributed by atoms with Gasteiger partial charge in [-0.1, -0.05) is 58.0 Å². The summed E-state index contributed by atoms with van der Waals surface area (Å²) in [6, 6.07) is 9.77. The van der Waals surface area contributed by atoms with E-state index in [2.05, 4.69) is 26.0 Å². The highest BCUT2D eigenvalue weighted by molar-refractivity contribution is 5.85. The molecule has 1 aromatic rings. The number of rotatable bonds is 5. The second kappa shape index (κ2) is 6.91. The van der Waals surface area contributed by atoms with Crippen LogP contribution in [0.15, 0.2) is 30.3 Å². The molecule has 2 nitrogen and oxygen atoms in total. The monoisotopic (exact) mass is 269 g/mol. The summed E-state index contributed by atoms with van der Waals surface area (Å²) in [5.74, 6) is 0.350. The Labute approximate surface area is 116 Å². The molecule has 3 heteroatoms. The Morgan fingerprint density at radius 1 is 1.22 bits per heavy atom. The molecule has 0 spiro atoms. The van der Waals surface area contributed by atoms with E-state index >= 15 is 0 Å². The summed E-state index contributed by atoms with van der Waals surface area (Å²) in [4.78, 5) is 12.0. The van der Waals surface area contributed by atoms with Crippen LogP contribution in [0.1, 0.15) is 39.7 Å². The second-order valence-corrected chi connectivity index (χ2v) is 5.66. The van der Waals surface area contributed by atoms with Crippen molar-refractivity contribution in [2.24, 2.45) is 11.7 Å². The van der Waals surface area contributed by atoms with Gasteiger partial charge in [0.2, 0.25) is 0 Å². The Kier molecular flexibility index (Phi) is 6.58. The highest BCUT2D eigenvalue weighted by atomic mass is 35.5. The smallest absolute Gasteiger partial charge is 0.150 e. The van der Waals surface area contributed by atoms with Gasteiger partial charge < -0.3 is 5.73 Å². The van der Waals surface area contributed by atoms with Gasteiger partial charge in [0.1, 0.15) is 0 Å². The molecule has 18 heavy (non-hydrogen) atoms. The fourth-order valence-corrected chi connectivity index (χ4v) is 1.92. The van der Waals surface area contributed by atoms with Crippen LogP contribution >= 0.6 is 12.4 Å². The van der Waals surface area contributed by atoms with Crippen molar-refractivity contribution in [3.63, 3.8) is 0 Å². The van der Waals surface area contributed by atoms with Gasteiger partial charge in [0.05, 0.1) is 6.04 Å². The van der Waals surface area contributed by atoms with E-state index in [4.69, 9.17) is 5.73 Å². The van der Waals surface area contributed by atoms with Crippen LogP contribution in [0.25, 0.3) is 0 Å². The van der Waals surface area contributed by atoms with Crippen molar-refractivity contribution in [3.8, 4) is 0 Å². The number of ketones is 1. The number of carbonyl (C=O) groups excluding carboxylic acids is 1. The fourth-order valence-electron chi connectivity index (χ4n) is 1.92. The lowest BCUT2D eigenvalue weighted by Crippen LogP contribution is -2.38. The summed E-state index contributed by atoms with van der Waals surface area (Å²) in [7, 11) is 0. The minimum Gasteiger partial charge on any atom is -0.321 e. The third-order valence-corrected chi connectivity index (χ3v) is 3.26. The molecule has 0 aliphatic rings. The van der Waals surface area contributed by atoms with Gasteiger partial charge in [0.25, 0.3) is 0 Å². The van der Waals surface area contributed by atoms with Gasteiger partial charge in [-0.05, 0) is 16.9 Å². The highest BCUT2D eigenvalue weighted by Crippen LogP contribution is 2.27. The van der Waals surface area contributed by atoms with Gasteiger partial charge in [-0.15, -0.1) is 12.4 Å². The molecule has 0 bridgehead atoms. The summed E-state index contributed by atoms with van der Waals surface area (Å²) in [6.45, 7) is 8.15. The molecule has 0 saturated carbocycles. The quantitative estimate of drug-likeness (QED) is 0.891. The van der Waals surface area contributed by atoms with Crippen LogP contribution in [0.3, 0.4) is 0 Å². The van der Waals surface area contributed by atoms with E-state index in [1.54, 1.807) is 0 Å². The topological polar surface area (TPSA) is 43.1 Å². The third kappa shape index (κ3) is 4.43. The normalized spacial score (nSPS) is 13.0. The van der Waals surface area contributed by atoms with Crippen molar-refractivity contribution in [2.45, 2.75) is 45.6 Å². The number of halogens is 1. The third-order valence-electron chi connectivity index (χ3n) is 3.26. The molecule has 0 aliphatic carbocycles. The SMILES string of the molecule is CC(C)[C@@H](N)C(=O)CC(C)(C)c1ccccc1.Cl.